The molecule has 4 nitrogen and oxygen atoms in total. The highest BCUT2D eigenvalue weighted by atomic mass is 79.9. The minimum Gasteiger partial charge on any atom is -0.391 e. The molecule has 0 radical (unpaired) electrons. The highest BCUT2D eigenvalue weighted by Gasteiger charge is 2.08. The molecule has 1 unspecified atom stereocenters. The molecule has 6 heteroatoms. The van der Waals surface area contributed by atoms with E-state index in [0.717, 1.165) is 0 Å². The van der Waals surface area contributed by atoms with Crippen molar-refractivity contribution >= 4 is 21.8 Å². The highest BCUT2D eigenvalue weighted by Crippen LogP contribution is 2.16. The van der Waals surface area contributed by atoms with Crippen LogP contribution in [0.3, 0.4) is 0 Å². The molecule has 20 heavy (non-hydrogen) atoms. The number of hydrogen-bond donors (Lipinski definition) is 2. The fourth-order valence-electron chi connectivity index (χ4n) is 1.71. The topological polar surface area (TPSA) is 58.6 Å². The molecule has 0 bridgehead atoms. The lowest BCUT2D eigenvalue weighted by atomic mass is 10.1. The number of rotatable bonds is 8. The van der Waals surface area contributed by atoms with Crippen LogP contribution in [0.25, 0.3) is 0 Å². The second-order valence-electron chi connectivity index (χ2n) is 4.48. The molecule has 0 fully saturated rings. The van der Waals surface area contributed by atoms with E-state index >= 15 is 0 Å². The van der Waals surface area contributed by atoms with Crippen LogP contribution < -0.4 is 5.32 Å². The van der Waals surface area contributed by atoms with E-state index in [1.54, 1.807) is 12.1 Å². The lowest BCUT2D eigenvalue weighted by molar-refractivity contribution is -0.121. The molecule has 0 saturated heterocycles. The van der Waals surface area contributed by atoms with Crippen LogP contribution in [0.1, 0.15) is 18.4 Å². The average molecular weight is 348 g/mol. The van der Waals surface area contributed by atoms with Gasteiger partial charge >= 0.3 is 0 Å². The number of methoxy groups -OCH3 is 1. The Morgan fingerprint density at radius 2 is 2.30 bits per heavy atom. The summed E-state index contributed by atoms with van der Waals surface area (Å²) in [6, 6.07) is 4.79. The molecule has 2 N–H and O–H groups in total. The third kappa shape index (κ3) is 6.45. The number of aryl methyl sites for hydroxylation is 1. The molecular weight excluding hydrogens is 329 g/mol. The normalized spacial score (nSPS) is 12.2. The van der Waals surface area contributed by atoms with E-state index in [1.807, 2.05) is 0 Å². The average Bonchev–Trinajstić information content (AvgIpc) is 2.38. The molecule has 1 aromatic rings. The second kappa shape index (κ2) is 9.05. The van der Waals surface area contributed by atoms with Crippen LogP contribution in [-0.2, 0) is 16.0 Å². The van der Waals surface area contributed by atoms with Gasteiger partial charge in [-0.2, -0.15) is 0 Å². The number of amides is 1. The predicted octanol–water partition coefficient (Wildman–Crippen LogP) is 2.03. The molecule has 0 aliphatic rings. The van der Waals surface area contributed by atoms with E-state index in [9.17, 15) is 14.3 Å². The summed E-state index contributed by atoms with van der Waals surface area (Å²) in [5.41, 5.74) is 0.516. The third-order valence-electron chi connectivity index (χ3n) is 2.80. The SMILES string of the molecule is COCC(O)CCNC(=O)CCc1ccc(Br)cc1F. The van der Waals surface area contributed by atoms with Gasteiger partial charge in [-0.25, -0.2) is 4.39 Å². The van der Waals surface area contributed by atoms with Crippen LogP contribution >= 0.6 is 15.9 Å². The first-order valence-corrected chi connectivity index (χ1v) is 7.20. The number of hydrogen-bond acceptors (Lipinski definition) is 3. The molecule has 0 saturated carbocycles. The van der Waals surface area contributed by atoms with Gasteiger partial charge in [0.2, 0.25) is 5.91 Å². The first-order valence-electron chi connectivity index (χ1n) is 6.40. The van der Waals surface area contributed by atoms with E-state index in [-0.39, 0.29) is 24.8 Å². The monoisotopic (exact) mass is 347 g/mol. The zero-order valence-electron chi connectivity index (χ0n) is 11.4. The van der Waals surface area contributed by atoms with Crippen LogP contribution in [0.4, 0.5) is 4.39 Å². The number of halogens is 2. The maximum absolute atomic E-state index is 13.5. The molecule has 1 amide bonds. The molecule has 0 aliphatic carbocycles. The zero-order valence-corrected chi connectivity index (χ0v) is 13.0. The number of carbonyl (C=O) groups is 1. The number of nitrogens with one attached hydrogen (secondary N) is 1. The Morgan fingerprint density at radius 3 is 2.95 bits per heavy atom. The molecule has 112 valence electrons. The van der Waals surface area contributed by atoms with Crippen LogP contribution in [0.5, 0.6) is 0 Å². The van der Waals surface area contributed by atoms with Crippen molar-refractivity contribution in [3.05, 3.63) is 34.1 Å². The smallest absolute Gasteiger partial charge is 0.220 e. The lowest BCUT2D eigenvalue weighted by Crippen LogP contribution is -2.28. The van der Waals surface area contributed by atoms with Crippen molar-refractivity contribution < 1.29 is 19.0 Å². The summed E-state index contributed by atoms with van der Waals surface area (Å²) in [4.78, 5) is 11.6. The molecule has 0 aliphatic heterocycles. The molecular formula is C14H19BrFNO3. The summed E-state index contributed by atoms with van der Waals surface area (Å²) < 4.78 is 19.0. The third-order valence-corrected chi connectivity index (χ3v) is 3.29. The van der Waals surface area contributed by atoms with Crippen molar-refractivity contribution in [2.24, 2.45) is 0 Å². The van der Waals surface area contributed by atoms with Gasteiger partial charge in [-0.15, -0.1) is 0 Å². The van der Waals surface area contributed by atoms with Crippen molar-refractivity contribution in [3.63, 3.8) is 0 Å². The van der Waals surface area contributed by atoms with E-state index in [0.29, 0.717) is 29.4 Å². The quantitative estimate of drug-likeness (QED) is 0.756. The maximum Gasteiger partial charge on any atom is 0.220 e. The Labute approximate surface area is 126 Å². The lowest BCUT2D eigenvalue weighted by Gasteiger charge is -2.10. The second-order valence-corrected chi connectivity index (χ2v) is 5.40. The van der Waals surface area contributed by atoms with Crippen LogP contribution in [0.2, 0.25) is 0 Å². The van der Waals surface area contributed by atoms with Gasteiger partial charge in [0.1, 0.15) is 5.82 Å². The van der Waals surface area contributed by atoms with Crippen LogP contribution in [0.15, 0.2) is 22.7 Å². The maximum atomic E-state index is 13.5. The molecule has 1 aromatic carbocycles. The number of benzene rings is 1. The Morgan fingerprint density at radius 1 is 1.55 bits per heavy atom. The van der Waals surface area contributed by atoms with Gasteiger partial charge in [-0.05, 0) is 30.5 Å². The summed E-state index contributed by atoms with van der Waals surface area (Å²) in [6.07, 6.45) is 0.431. The first-order chi connectivity index (χ1) is 9.52. The van der Waals surface area contributed by atoms with Crippen molar-refractivity contribution in [3.8, 4) is 0 Å². The molecule has 0 heterocycles. The van der Waals surface area contributed by atoms with E-state index < -0.39 is 6.10 Å². The summed E-state index contributed by atoms with van der Waals surface area (Å²) in [6.45, 7) is 0.631. The fourth-order valence-corrected chi connectivity index (χ4v) is 2.05. The van der Waals surface area contributed by atoms with Crippen molar-refractivity contribution in [1.29, 1.82) is 0 Å². The van der Waals surface area contributed by atoms with E-state index in [2.05, 4.69) is 21.2 Å². The number of ether oxygens (including phenoxy) is 1. The molecule has 1 rings (SSSR count). The molecule has 1 atom stereocenters. The van der Waals surface area contributed by atoms with Gasteiger partial charge in [0.25, 0.3) is 0 Å². The number of aliphatic hydroxyl groups is 1. The minimum atomic E-state index is -0.579. The first kappa shape index (κ1) is 17.1. The minimum absolute atomic E-state index is 0.156. The van der Waals surface area contributed by atoms with Crippen molar-refractivity contribution in [2.45, 2.75) is 25.4 Å². The predicted molar refractivity (Wildman–Crippen MR) is 77.9 cm³/mol. The molecule has 0 spiro atoms. The summed E-state index contributed by atoms with van der Waals surface area (Å²) in [5.74, 6) is -0.473. The van der Waals surface area contributed by atoms with Crippen molar-refractivity contribution in [1.82, 2.24) is 5.32 Å². The Kier molecular flexibility index (Phi) is 7.72. The fraction of sp³-hybridized carbons (Fsp3) is 0.500. The molecule has 0 aromatic heterocycles. The Hall–Kier alpha value is -0.980. The summed E-state index contributed by atoms with van der Waals surface area (Å²) in [7, 11) is 1.51. The van der Waals surface area contributed by atoms with Gasteiger partial charge in [0.15, 0.2) is 0 Å². The van der Waals surface area contributed by atoms with Gasteiger partial charge in [-0.3, -0.25) is 4.79 Å². The van der Waals surface area contributed by atoms with E-state index in [1.165, 1.54) is 13.2 Å². The Bertz CT molecular complexity index is 442. The number of carbonyl (C=O) groups excluding carboxylic acids is 1. The van der Waals surface area contributed by atoms with Crippen molar-refractivity contribution in [2.75, 3.05) is 20.3 Å². The van der Waals surface area contributed by atoms with Gasteiger partial charge in [0, 0.05) is 24.5 Å². The largest absolute Gasteiger partial charge is 0.391 e. The van der Waals surface area contributed by atoms with Gasteiger partial charge < -0.3 is 15.2 Å². The Balaban J connectivity index is 2.26. The summed E-state index contributed by atoms with van der Waals surface area (Å²) in [5, 5.41) is 12.1. The zero-order chi connectivity index (χ0) is 15.0. The van der Waals surface area contributed by atoms with Crippen LogP contribution in [-0.4, -0.2) is 37.4 Å². The van der Waals surface area contributed by atoms with E-state index in [4.69, 9.17) is 4.74 Å². The van der Waals surface area contributed by atoms with Gasteiger partial charge in [-0.1, -0.05) is 22.0 Å². The number of aliphatic hydroxyl groups excluding tert-OH is 1. The standard InChI is InChI=1S/C14H19BrFNO3/c1-20-9-12(18)6-7-17-14(19)5-3-10-2-4-11(15)8-13(10)16/h2,4,8,12,18H,3,5-7,9H2,1H3,(H,17,19). The summed E-state index contributed by atoms with van der Waals surface area (Å²) >= 11 is 3.18. The van der Waals surface area contributed by atoms with Gasteiger partial charge in [0.05, 0.1) is 12.7 Å². The van der Waals surface area contributed by atoms with Crippen LogP contribution in [0, 0.1) is 5.82 Å². The highest BCUT2D eigenvalue weighted by molar-refractivity contribution is 9.10.